The van der Waals surface area contributed by atoms with Gasteiger partial charge in [-0.2, -0.15) is 4.72 Å². The van der Waals surface area contributed by atoms with Crippen LogP contribution in [0.15, 0.2) is 27.6 Å². The molecule has 1 aromatic rings. The normalized spacial score (nSPS) is 20.3. The molecule has 1 amide bonds. The number of benzene rings is 1. The van der Waals surface area contributed by atoms with Gasteiger partial charge in [0.15, 0.2) is 0 Å². The molecule has 110 valence electrons. The molecule has 0 spiro atoms. The number of halogens is 1. The van der Waals surface area contributed by atoms with Gasteiger partial charge in [-0.1, -0.05) is 22.0 Å². The van der Waals surface area contributed by atoms with Gasteiger partial charge in [0, 0.05) is 11.0 Å². The Hall–Kier alpha value is -0.920. The largest absolute Gasteiger partial charge is 0.355 e. The van der Waals surface area contributed by atoms with Gasteiger partial charge >= 0.3 is 0 Å². The van der Waals surface area contributed by atoms with E-state index in [1.54, 1.807) is 25.1 Å². The molecule has 1 aliphatic heterocycles. The first kappa shape index (κ1) is 15.5. The average Bonchev–Trinajstić information content (AvgIpc) is 2.57. The summed E-state index contributed by atoms with van der Waals surface area (Å²) in [6.07, 6.45) is 2.22. The number of nitrogens with one attached hydrogen (secondary N) is 2. The fourth-order valence-corrected chi connectivity index (χ4v) is 4.18. The van der Waals surface area contributed by atoms with Crippen LogP contribution in [0.1, 0.15) is 24.8 Å². The van der Waals surface area contributed by atoms with E-state index in [2.05, 4.69) is 26.0 Å². The second kappa shape index (κ2) is 6.24. The predicted octanol–water partition coefficient (Wildman–Crippen LogP) is 1.70. The molecule has 0 radical (unpaired) electrons. The number of rotatable bonds is 3. The summed E-state index contributed by atoms with van der Waals surface area (Å²) in [5.74, 6) is -0.251. The Labute approximate surface area is 127 Å². The summed E-state index contributed by atoms with van der Waals surface area (Å²) in [6, 6.07) is 4.37. The standard InChI is InChI=1S/C13H17BrN2O3S/c1-9-5-6-10(14)8-12(9)20(18,19)16-11-4-2-3-7-15-13(11)17/h5-6,8,11,16H,2-4,7H2,1H3,(H,15,17). The van der Waals surface area contributed by atoms with Crippen LogP contribution in [0.2, 0.25) is 0 Å². The van der Waals surface area contributed by atoms with Crippen molar-refractivity contribution < 1.29 is 13.2 Å². The van der Waals surface area contributed by atoms with Crippen LogP contribution >= 0.6 is 15.9 Å². The Kier molecular flexibility index (Phi) is 4.82. The van der Waals surface area contributed by atoms with Crippen molar-refractivity contribution in [3.63, 3.8) is 0 Å². The third-order valence-corrected chi connectivity index (χ3v) is 5.38. The Morgan fingerprint density at radius 2 is 2.10 bits per heavy atom. The molecule has 1 fully saturated rings. The Morgan fingerprint density at radius 1 is 1.35 bits per heavy atom. The maximum Gasteiger partial charge on any atom is 0.241 e. The maximum absolute atomic E-state index is 12.4. The number of aryl methyl sites for hydroxylation is 1. The van der Waals surface area contributed by atoms with Crippen LogP contribution in [0, 0.1) is 6.92 Å². The van der Waals surface area contributed by atoms with Gasteiger partial charge in [0.1, 0.15) is 6.04 Å². The lowest BCUT2D eigenvalue weighted by Gasteiger charge is -2.16. The zero-order valence-electron chi connectivity index (χ0n) is 11.1. The molecule has 1 saturated heterocycles. The van der Waals surface area contributed by atoms with Crippen LogP contribution in [0.4, 0.5) is 0 Å². The van der Waals surface area contributed by atoms with Crippen LogP contribution in [0.3, 0.4) is 0 Å². The van der Waals surface area contributed by atoms with Gasteiger partial charge in [0.25, 0.3) is 0 Å². The van der Waals surface area contributed by atoms with Crippen molar-refractivity contribution in [2.45, 2.75) is 37.1 Å². The molecule has 2 rings (SSSR count). The maximum atomic E-state index is 12.4. The number of hydrogen-bond donors (Lipinski definition) is 2. The first-order valence-corrected chi connectivity index (χ1v) is 8.74. The quantitative estimate of drug-likeness (QED) is 0.861. The van der Waals surface area contributed by atoms with Gasteiger partial charge in [-0.15, -0.1) is 0 Å². The van der Waals surface area contributed by atoms with Gasteiger partial charge in [0.05, 0.1) is 4.90 Å². The van der Waals surface area contributed by atoms with Gasteiger partial charge < -0.3 is 5.32 Å². The van der Waals surface area contributed by atoms with Crippen molar-refractivity contribution >= 4 is 31.9 Å². The van der Waals surface area contributed by atoms with Crippen molar-refractivity contribution in [1.29, 1.82) is 0 Å². The summed E-state index contributed by atoms with van der Waals surface area (Å²) in [4.78, 5) is 12.0. The van der Waals surface area contributed by atoms with Crippen molar-refractivity contribution in [2.75, 3.05) is 6.54 Å². The molecular weight excluding hydrogens is 344 g/mol. The van der Waals surface area contributed by atoms with Crippen molar-refractivity contribution in [1.82, 2.24) is 10.0 Å². The minimum atomic E-state index is -3.70. The molecule has 7 heteroatoms. The fraction of sp³-hybridized carbons (Fsp3) is 0.462. The lowest BCUT2D eigenvalue weighted by atomic mass is 10.1. The smallest absolute Gasteiger partial charge is 0.241 e. The third kappa shape index (κ3) is 3.59. The molecule has 0 aliphatic carbocycles. The van der Waals surface area contributed by atoms with E-state index in [1.807, 2.05) is 0 Å². The van der Waals surface area contributed by atoms with E-state index in [1.165, 1.54) is 0 Å². The zero-order valence-corrected chi connectivity index (χ0v) is 13.6. The van der Waals surface area contributed by atoms with E-state index in [4.69, 9.17) is 0 Å². The van der Waals surface area contributed by atoms with E-state index >= 15 is 0 Å². The predicted molar refractivity (Wildman–Crippen MR) is 79.8 cm³/mol. The van der Waals surface area contributed by atoms with E-state index in [0.717, 1.165) is 12.8 Å². The van der Waals surface area contributed by atoms with Crippen molar-refractivity contribution in [3.05, 3.63) is 28.2 Å². The minimum Gasteiger partial charge on any atom is -0.355 e. The average molecular weight is 361 g/mol. The monoisotopic (exact) mass is 360 g/mol. The lowest BCUT2D eigenvalue weighted by Crippen LogP contribution is -2.45. The first-order chi connectivity index (χ1) is 9.40. The first-order valence-electron chi connectivity index (χ1n) is 6.46. The molecule has 1 aliphatic rings. The molecule has 2 N–H and O–H groups in total. The molecular formula is C13H17BrN2O3S. The molecule has 1 unspecified atom stereocenters. The second-order valence-electron chi connectivity index (χ2n) is 4.87. The number of sulfonamides is 1. The van der Waals surface area contributed by atoms with E-state index < -0.39 is 16.1 Å². The molecule has 0 bridgehead atoms. The molecule has 5 nitrogen and oxygen atoms in total. The highest BCUT2D eigenvalue weighted by molar-refractivity contribution is 9.10. The molecule has 1 atom stereocenters. The summed E-state index contributed by atoms with van der Waals surface area (Å²) in [6.45, 7) is 2.33. The highest BCUT2D eigenvalue weighted by Crippen LogP contribution is 2.21. The molecule has 1 heterocycles. The number of hydrogen-bond acceptors (Lipinski definition) is 3. The van der Waals surface area contributed by atoms with Crippen LogP contribution < -0.4 is 10.0 Å². The molecule has 0 aromatic heterocycles. The highest BCUT2D eigenvalue weighted by Gasteiger charge is 2.27. The summed E-state index contributed by atoms with van der Waals surface area (Å²) in [7, 11) is -3.70. The summed E-state index contributed by atoms with van der Waals surface area (Å²) < 4.78 is 28.0. The van der Waals surface area contributed by atoms with Crippen molar-refractivity contribution in [3.8, 4) is 0 Å². The van der Waals surface area contributed by atoms with Gasteiger partial charge in [-0.05, 0) is 43.9 Å². The number of amides is 1. The van der Waals surface area contributed by atoms with Crippen LogP contribution in [-0.4, -0.2) is 26.9 Å². The minimum absolute atomic E-state index is 0.198. The Bertz CT molecular complexity index is 616. The van der Waals surface area contributed by atoms with Crippen molar-refractivity contribution in [2.24, 2.45) is 0 Å². The van der Waals surface area contributed by atoms with E-state index in [0.29, 0.717) is 23.0 Å². The van der Waals surface area contributed by atoms with Crippen LogP contribution in [0.5, 0.6) is 0 Å². The zero-order chi connectivity index (χ0) is 14.8. The van der Waals surface area contributed by atoms with E-state index in [-0.39, 0.29) is 10.8 Å². The third-order valence-electron chi connectivity index (χ3n) is 3.27. The SMILES string of the molecule is Cc1ccc(Br)cc1S(=O)(=O)NC1CCCCNC1=O. The van der Waals surface area contributed by atoms with E-state index in [9.17, 15) is 13.2 Å². The topological polar surface area (TPSA) is 75.3 Å². The highest BCUT2D eigenvalue weighted by atomic mass is 79.9. The van der Waals surface area contributed by atoms with Crippen LogP contribution in [0.25, 0.3) is 0 Å². The summed E-state index contributed by atoms with van der Waals surface area (Å²) in [5, 5.41) is 2.72. The van der Waals surface area contributed by atoms with Gasteiger partial charge in [-0.3, -0.25) is 4.79 Å². The molecule has 0 saturated carbocycles. The lowest BCUT2D eigenvalue weighted by molar-refractivity contribution is -0.122. The fourth-order valence-electron chi connectivity index (χ4n) is 2.17. The summed E-state index contributed by atoms with van der Waals surface area (Å²) >= 11 is 3.27. The van der Waals surface area contributed by atoms with Crippen LogP contribution in [-0.2, 0) is 14.8 Å². The Balaban J connectivity index is 2.26. The van der Waals surface area contributed by atoms with Gasteiger partial charge in [-0.25, -0.2) is 8.42 Å². The summed E-state index contributed by atoms with van der Waals surface area (Å²) in [5.41, 5.74) is 0.648. The molecule has 20 heavy (non-hydrogen) atoms. The van der Waals surface area contributed by atoms with Gasteiger partial charge in [0.2, 0.25) is 15.9 Å². The number of carbonyl (C=O) groups excluding carboxylic acids is 1. The second-order valence-corrected chi connectivity index (χ2v) is 7.47. The Morgan fingerprint density at radius 3 is 2.85 bits per heavy atom. The number of carbonyl (C=O) groups is 1. The molecule has 1 aromatic carbocycles.